The number of fused-ring (bicyclic) bond motifs is 1. The predicted octanol–water partition coefficient (Wildman–Crippen LogP) is 5.05. The molecule has 3 heteroatoms. The van der Waals surface area contributed by atoms with Crippen LogP contribution in [0.2, 0.25) is 5.02 Å². The normalized spacial score (nSPS) is 10.6. The number of rotatable bonds is 2. The van der Waals surface area contributed by atoms with Crippen molar-refractivity contribution < 1.29 is 4.79 Å². The zero-order valence-electron chi connectivity index (χ0n) is 11.6. The third-order valence-corrected chi connectivity index (χ3v) is 3.94. The van der Waals surface area contributed by atoms with E-state index in [1.54, 1.807) is 0 Å². The summed E-state index contributed by atoms with van der Waals surface area (Å²) < 4.78 is 0. The number of amides is 1. The topological polar surface area (TPSA) is 29.1 Å². The number of carbonyl (C=O) groups is 1. The number of halogens is 1. The Kier molecular flexibility index (Phi) is 3.63. The van der Waals surface area contributed by atoms with Crippen molar-refractivity contribution in [1.82, 2.24) is 0 Å². The van der Waals surface area contributed by atoms with Gasteiger partial charge in [-0.15, -0.1) is 0 Å². The molecular weight excluding hydrogens is 282 g/mol. The van der Waals surface area contributed by atoms with Crippen molar-refractivity contribution in [3.63, 3.8) is 0 Å². The molecule has 3 aromatic carbocycles. The second kappa shape index (κ2) is 5.58. The summed E-state index contributed by atoms with van der Waals surface area (Å²) in [5.41, 5.74) is 2.24. The number of benzene rings is 3. The van der Waals surface area contributed by atoms with Crippen LogP contribution in [0.5, 0.6) is 0 Å². The summed E-state index contributed by atoms with van der Waals surface area (Å²) in [6.45, 7) is 1.89. The van der Waals surface area contributed by atoms with Gasteiger partial charge >= 0.3 is 0 Å². The smallest absolute Gasteiger partial charge is 0.255 e. The second-order valence-electron chi connectivity index (χ2n) is 4.93. The van der Waals surface area contributed by atoms with Crippen molar-refractivity contribution in [1.29, 1.82) is 0 Å². The maximum Gasteiger partial charge on any atom is 0.255 e. The highest BCUT2D eigenvalue weighted by molar-refractivity contribution is 6.31. The highest BCUT2D eigenvalue weighted by atomic mass is 35.5. The molecule has 21 heavy (non-hydrogen) atoms. The molecule has 0 fully saturated rings. The van der Waals surface area contributed by atoms with Gasteiger partial charge < -0.3 is 5.32 Å². The first kappa shape index (κ1) is 13.7. The van der Waals surface area contributed by atoms with Gasteiger partial charge in [0.2, 0.25) is 0 Å². The minimum atomic E-state index is -0.133. The third-order valence-electron chi connectivity index (χ3n) is 3.53. The Morgan fingerprint density at radius 3 is 2.52 bits per heavy atom. The van der Waals surface area contributed by atoms with Crippen molar-refractivity contribution in [2.45, 2.75) is 6.92 Å². The lowest BCUT2D eigenvalue weighted by atomic mass is 10.1. The molecule has 3 aromatic rings. The molecule has 0 aromatic heterocycles. The predicted molar refractivity (Wildman–Crippen MR) is 88.1 cm³/mol. The largest absolute Gasteiger partial charge is 0.322 e. The van der Waals surface area contributed by atoms with Crippen LogP contribution < -0.4 is 5.32 Å². The monoisotopic (exact) mass is 295 g/mol. The molecule has 0 atom stereocenters. The van der Waals surface area contributed by atoms with Crippen molar-refractivity contribution in [2.24, 2.45) is 0 Å². The number of anilines is 1. The third kappa shape index (κ3) is 2.76. The minimum absolute atomic E-state index is 0.133. The van der Waals surface area contributed by atoms with Crippen LogP contribution in [0.15, 0.2) is 60.7 Å². The van der Waals surface area contributed by atoms with Crippen molar-refractivity contribution in [2.75, 3.05) is 5.32 Å². The van der Waals surface area contributed by atoms with Crippen LogP contribution in [0.1, 0.15) is 15.9 Å². The lowest BCUT2D eigenvalue weighted by Crippen LogP contribution is -2.12. The van der Waals surface area contributed by atoms with Gasteiger partial charge in [-0.05, 0) is 47.5 Å². The van der Waals surface area contributed by atoms with Gasteiger partial charge in [0.05, 0.1) is 0 Å². The lowest BCUT2D eigenvalue weighted by Gasteiger charge is -2.10. The SMILES string of the molecule is Cc1c(Cl)cccc1NC(=O)c1ccc2ccccc2c1. The van der Waals surface area contributed by atoms with Crippen LogP contribution >= 0.6 is 11.6 Å². The summed E-state index contributed by atoms with van der Waals surface area (Å²) in [5.74, 6) is -0.133. The summed E-state index contributed by atoms with van der Waals surface area (Å²) in [6, 6.07) is 19.1. The van der Waals surface area contributed by atoms with Gasteiger partial charge in [-0.25, -0.2) is 0 Å². The highest BCUT2D eigenvalue weighted by Gasteiger charge is 2.09. The standard InChI is InChI=1S/C18H14ClNO/c1-12-16(19)7-4-8-17(12)20-18(21)15-10-9-13-5-2-3-6-14(13)11-15/h2-11H,1H3,(H,20,21). The van der Waals surface area contributed by atoms with E-state index in [4.69, 9.17) is 11.6 Å². The fourth-order valence-corrected chi connectivity index (χ4v) is 2.44. The number of carbonyl (C=O) groups excluding carboxylic acids is 1. The van der Waals surface area contributed by atoms with Crippen LogP contribution in [-0.2, 0) is 0 Å². The summed E-state index contributed by atoms with van der Waals surface area (Å²) in [7, 11) is 0. The molecule has 0 aliphatic rings. The van der Waals surface area contributed by atoms with Crippen molar-refractivity contribution >= 4 is 34.0 Å². The van der Waals surface area contributed by atoms with E-state index in [2.05, 4.69) is 5.32 Å². The molecule has 1 amide bonds. The maximum atomic E-state index is 12.4. The van der Waals surface area contributed by atoms with Crippen molar-refractivity contribution in [3.05, 3.63) is 76.8 Å². The lowest BCUT2D eigenvalue weighted by molar-refractivity contribution is 0.102. The maximum absolute atomic E-state index is 12.4. The molecule has 104 valence electrons. The second-order valence-corrected chi connectivity index (χ2v) is 5.34. The zero-order chi connectivity index (χ0) is 14.8. The zero-order valence-corrected chi connectivity index (χ0v) is 12.3. The van der Waals surface area contributed by atoms with E-state index in [0.29, 0.717) is 10.6 Å². The number of hydrogen-bond donors (Lipinski definition) is 1. The molecule has 0 saturated carbocycles. The van der Waals surface area contributed by atoms with Gasteiger partial charge in [-0.3, -0.25) is 4.79 Å². The Hall–Kier alpha value is -2.32. The molecule has 0 heterocycles. The first-order valence-electron chi connectivity index (χ1n) is 6.70. The van der Waals surface area contributed by atoms with Crippen LogP contribution in [0.25, 0.3) is 10.8 Å². The van der Waals surface area contributed by atoms with E-state index >= 15 is 0 Å². The fourth-order valence-electron chi connectivity index (χ4n) is 2.27. The van der Waals surface area contributed by atoms with Crippen LogP contribution in [0.4, 0.5) is 5.69 Å². The Morgan fingerprint density at radius 1 is 0.952 bits per heavy atom. The molecule has 1 N–H and O–H groups in total. The average molecular weight is 296 g/mol. The van der Waals surface area contributed by atoms with E-state index < -0.39 is 0 Å². The van der Waals surface area contributed by atoms with Crippen molar-refractivity contribution in [3.8, 4) is 0 Å². The van der Waals surface area contributed by atoms with Crippen LogP contribution in [-0.4, -0.2) is 5.91 Å². The summed E-state index contributed by atoms with van der Waals surface area (Å²) in [5, 5.41) is 5.72. The van der Waals surface area contributed by atoms with Gasteiger partial charge in [0.15, 0.2) is 0 Å². The molecule has 2 nitrogen and oxygen atoms in total. The highest BCUT2D eigenvalue weighted by Crippen LogP contribution is 2.24. The van der Waals surface area contributed by atoms with E-state index in [1.165, 1.54) is 0 Å². The Balaban J connectivity index is 1.91. The van der Waals surface area contributed by atoms with E-state index in [-0.39, 0.29) is 5.91 Å². The molecule has 0 saturated heterocycles. The van der Waals surface area contributed by atoms with Crippen LogP contribution in [0.3, 0.4) is 0 Å². The number of nitrogens with one attached hydrogen (secondary N) is 1. The quantitative estimate of drug-likeness (QED) is 0.704. The summed E-state index contributed by atoms with van der Waals surface area (Å²) in [6.07, 6.45) is 0. The molecule has 0 aliphatic carbocycles. The van der Waals surface area contributed by atoms with Crippen LogP contribution in [0, 0.1) is 6.92 Å². The van der Waals surface area contributed by atoms with Gasteiger partial charge in [-0.2, -0.15) is 0 Å². The molecule has 0 radical (unpaired) electrons. The molecule has 0 unspecified atom stereocenters. The molecule has 3 rings (SSSR count). The van der Waals surface area contributed by atoms with E-state index in [1.807, 2.05) is 67.6 Å². The molecule has 0 aliphatic heterocycles. The van der Waals surface area contributed by atoms with Gasteiger partial charge in [-0.1, -0.05) is 48.0 Å². The average Bonchev–Trinajstić information content (AvgIpc) is 2.51. The Morgan fingerprint density at radius 2 is 1.71 bits per heavy atom. The fraction of sp³-hybridized carbons (Fsp3) is 0.0556. The minimum Gasteiger partial charge on any atom is -0.322 e. The first-order valence-corrected chi connectivity index (χ1v) is 7.08. The van der Waals surface area contributed by atoms with Gasteiger partial charge in [0.25, 0.3) is 5.91 Å². The first-order chi connectivity index (χ1) is 10.1. The summed E-state index contributed by atoms with van der Waals surface area (Å²) >= 11 is 6.07. The Bertz CT molecular complexity index is 826. The molecule has 0 spiro atoms. The van der Waals surface area contributed by atoms with E-state index in [0.717, 1.165) is 22.0 Å². The van der Waals surface area contributed by atoms with E-state index in [9.17, 15) is 4.79 Å². The molecule has 0 bridgehead atoms. The molecular formula is C18H14ClNO. The number of hydrogen-bond acceptors (Lipinski definition) is 1. The van der Waals surface area contributed by atoms with Gasteiger partial charge in [0.1, 0.15) is 0 Å². The Labute approximate surface area is 128 Å². The summed E-state index contributed by atoms with van der Waals surface area (Å²) in [4.78, 5) is 12.4. The van der Waals surface area contributed by atoms with Gasteiger partial charge in [0, 0.05) is 16.3 Å².